The molecule has 0 bridgehead atoms. The van der Waals surface area contributed by atoms with Crippen LogP contribution in [-0.4, -0.2) is 65.2 Å². The van der Waals surface area contributed by atoms with Crippen LogP contribution >= 0.6 is 0 Å². The zero-order valence-electron chi connectivity index (χ0n) is 22.6. The van der Waals surface area contributed by atoms with Crippen molar-refractivity contribution < 1.29 is 14.7 Å². The number of anilines is 1. The number of piperidine rings is 1. The number of likely N-dealkylation sites (tertiary alicyclic amines) is 1. The summed E-state index contributed by atoms with van der Waals surface area (Å²) in [6, 6.07) is 31.8. The van der Waals surface area contributed by atoms with Gasteiger partial charge < -0.3 is 19.8 Å². The molecule has 2 fully saturated rings. The Bertz CT molecular complexity index is 1170. The van der Waals surface area contributed by atoms with E-state index >= 15 is 0 Å². The quantitative estimate of drug-likeness (QED) is 0.291. The Hall–Kier alpha value is -3.64. The van der Waals surface area contributed by atoms with E-state index in [1.807, 2.05) is 23.1 Å². The molecule has 2 aliphatic rings. The van der Waals surface area contributed by atoms with Crippen LogP contribution in [0.25, 0.3) is 0 Å². The van der Waals surface area contributed by atoms with E-state index in [1.54, 1.807) is 0 Å². The molecule has 3 aromatic rings. The van der Waals surface area contributed by atoms with Crippen molar-refractivity contribution >= 4 is 17.6 Å². The van der Waals surface area contributed by atoms with Gasteiger partial charge in [-0.05, 0) is 61.9 Å². The molecular weight excluding hydrogens is 498 g/mol. The number of hydrogen-bond acceptors (Lipinski definition) is 4. The van der Waals surface area contributed by atoms with Gasteiger partial charge in [-0.25, -0.2) is 0 Å². The second-order valence-corrected chi connectivity index (χ2v) is 10.9. The van der Waals surface area contributed by atoms with Crippen LogP contribution in [0.4, 0.5) is 5.69 Å². The molecule has 40 heavy (non-hydrogen) atoms. The number of carbonyl (C=O) groups is 2. The van der Waals surface area contributed by atoms with Crippen LogP contribution < -0.4 is 4.90 Å². The third-order valence-electron chi connectivity index (χ3n) is 8.47. The van der Waals surface area contributed by atoms with Crippen LogP contribution in [0.1, 0.15) is 63.0 Å². The highest BCUT2D eigenvalue weighted by Gasteiger charge is 2.53. The highest BCUT2D eigenvalue weighted by atomic mass is 16.4. The van der Waals surface area contributed by atoms with Crippen LogP contribution in [0, 0.1) is 0 Å². The predicted octanol–water partition coefficient (Wildman–Crippen LogP) is 6.24. The number of rotatable bonds is 11. The number of carboxylic acids is 1. The Morgan fingerprint density at radius 3 is 1.90 bits per heavy atom. The molecule has 6 heteroatoms. The molecule has 1 N–H and O–H groups in total. The van der Waals surface area contributed by atoms with Crippen molar-refractivity contribution in [2.45, 2.75) is 57.4 Å². The van der Waals surface area contributed by atoms with Crippen molar-refractivity contribution in [3.8, 4) is 0 Å². The molecule has 2 aliphatic heterocycles. The maximum atomic E-state index is 13.9. The summed E-state index contributed by atoms with van der Waals surface area (Å²) < 4.78 is 0. The summed E-state index contributed by atoms with van der Waals surface area (Å²) in [5, 5.41) is 8.99. The lowest BCUT2D eigenvalue weighted by Gasteiger charge is -2.43. The SMILES string of the molecule is C.O=C(O)CCCCN1CN(c2ccccc2)C2(CCN(CCC(c3ccccc3)c3ccccc3)CC2)C1=O. The average molecular weight is 542 g/mol. The summed E-state index contributed by atoms with van der Waals surface area (Å²) in [4.78, 5) is 31.6. The number of nitrogens with zero attached hydrogens (tertiary/aromatic N) is 3. The Kier molecular flexibility index (Phi) is 9.99. The van der Waals surface area contributed by atoms with Gasteiger partial charge in [0.2, 0.25) is 5.91 Å². The van der Waals surface area contributed by atoms with Gasteiger partial charge in [-0.2, -0.15) is 0 Å². The first-order valence-corrected chi connectivity index (χ1v) is 14.2. The number of carbonyl (C=O) groups excluding carboxylic acids is 1. The molecule has 0 aromatic heterocycles. The van der Waals surface area contributed by atoms with Crippen molar-refractivity contribution in [1.82, 2.24) is 9.80 Å². The van der Waals surface area contributed by atoms with E-state index in [0.29, 0.717) is 32.0 Å². The fourth-order valence-corrected chi connectivity index (χ4v) is 6.31. The molecular formula is C34H43N3O3. The third-order valence-corrected chi connectivity index (χ3v) is 8.47. The van der Waals surface area contributed by atoms with Crippen molar-refractivity contribution in [2.75, 3.05) is 37.7 Å². The summed E-state index contributed by atoms with van der Waals surface area (Å²) >= 11 is 0. The fourth-order valence-electron chi connectivity index (χ4n) is 6.31. The van der Waals surface area contributed by atoms with Gasteiger partial charge in [-0.15, -0.1) is 0 Å². The van der Waals surface area contributed by atoms with Gasteiger partial charge in [0.15, 0.2) is 0 Å². The minimum absolute atomic E-state index is 0. The Morgan fingerprint density at radius 1 is 0.800 bits per heavy atom. The van der Waals surface area contributed by atoms with Gasteiger partial charge in [-0.3, -0.25) is 9.59 Å². The number of aliphatic carboxylic acids is 1. The molecule has 0 saturated carbocycles. The molecule has 5 rings (SSSR count). The average Bonchev–Trinajstić information content (AvgIpc) is 3.24. The number of benzene rings is 3. The van der Waals surface area contributed by atoms with E-state index in [4.69, 9.17) is 5.11 Å². The van der Waals surface area contributed by atoms with E-state index in [1.165, 1.54) is 11.1 Å². The largest absolute Gasteiger partial charge is 0.481 e. The van der Waals surface area contributed by atoms with E-state index in [0.717, 1.165) is 44.6 Å². The predicted molar refractivity (Wildman–Crippen MR) is 161 cm³/mol. The van der Waals surface area contributed by atoms with Gasteiger partial charge in [0.05, 0.1) is 6.67 Å². The minimum Gasteiger partial charge on any atom is -0.481 e. The van der Waals surface area contributed by atoms with Crippen molar-refractivity contribution in [1.29, 1.82) is 0 Å². The van der Waals surface area contributed by atoms with Crippen LogP contribution in [0.15, 0.2) is 91.0 Å². The Balaban J connectivity index is 0.00000370. The molecule has 0 aliphatic carbocycles. The summed E-state index contributed by atoms with van der Waals surface area (Å²) in [5.74, 6) is -0.231. The molecule has 1 spiro atoms. The van der Waals surface area contributed by atoms with E-state index in [2.05, 4.69) is 82.6 Å². The summed E-state index contributed by atoms with van der Waals surface area (Å²) in [6.07, 6.45) is 4.09. The number of amides is 1. The topological polar surface area (TPSA) is 64.1 Å². The standard InChI is InChI=1S/C33H39N3O3.CH4/c37-31(38)18-10-11-22-35-26-36(29-16-8-3-9-17-29)33(32(35)39)20-24-34(25-21-33)23-19-30(27-12-4-1-5-13-27)28-14-6-2-7-15-28;/h1-9,12-17,30H,10-11,18-26H2,(H,37,38);1H4. The molecule has 2 heterocycles. The van der Waals surface area contributed by atoms with Crippen molar-refractivity contribution in [3.05, 3.63) is 102 Å². The highest BCUT2D eigenvalue weighted by Crippen LogP contribution is 2.40. The number of unbranched alkanes of at least 4 members (excludes halogenated alkanes) is 1. The van der Waals surface area contributed by atoms with Crippen molar-refractivity contribution in [3.63, 3.8) is 0 Å². The Labute approximate surface area is 239 Å². The first kappa shape index (κ1) is 29.3. The normalized spacial score (nSPS) is 16.9. The fraction of sp³-hybridized carbons (Fsp3) is 0.412. The number of hydrogen-bond donors (Lipinski definition) is 1. The molecule has 3 aromatic carbocycles. The first-order chi connectivity index (χ1) is 19.1. The van der Waals surface area contributed by atoms with Crippen LogP contribution in [0.3, 0.4) is 0 Å². The molecule has 6 nitrogen and oxygen atoms in total. The van der Waals surface area contributed by atoms with Crippen LogP contribution in [0.2, 0.25) is 0 Å². The highest BCUT2D eigenvalue weighted by molar-refractivity contribution is 5.93. The second-order valence-electron chi connectivity index (χ2n) is 10.9. The van der Waals surface area contributed by atoms with Gasteiger partial charge >= 0.3 is 5.97 Å². The third kappa shape index (κ3) is 6.56. The van der Waals surface area contributed by atoms with Gasteiger partial charge in [0.1, 0.15) is 5.54 Å². The molecule has 0 unspecified atom stereocenters. The summed E-state index contributed by atoms with van der Waals surface area (Å²) in [7, 11) is 0. The van der Waals surface area contributed by atoms with Crippen LogP contribution in [-0.2, 0) is 9.59 Å². The smallest absolute Gasteiger partial charge is 0.303 e. The summed E-state index contributed by atoms with van der Waals surface area (Å²) in [6.45, 7) is 3.94. The number of carboxylic acid groups (broad SMARTS) is 1. The second kappa shape index (κ2) is 13.6. The molecule has 2 saturated heterocycles. The van der Waals surface area contributed by atoms with Gasteiger partial charge in [0, 0.05) is 37.7 Å². The maximum absolute atomic E-state index is 13.9. The zero-order chi connectivity index (χ0) is 27.1. The molecule has 0 radical (unpaired) electrons. The monoisotopic (exact) mass is 541 g/mol. The lowest BCUT2D eigenvalue weighted by Crippen LogP contribution is -2.56. The van der Waals surface area contributed by atoms with Gasteiger partial charge in [-0.1, -0.05) is 86.3 Å². The zero-order valence-corrected chi connectivity index (χ0v) is 22.6. The number of para-hydroxylation sites is 1. The molecule has 212 valence electrons. The lowest BCUT2D eigenvalue weighted by molar-refractivity contribution is -0.137. The maximum Gasteiger partial charge on any atom is 0.303 e. The molecule has 1 amide bonds. The lowest BCUT2D eigenvalue weighted by atomic mass is 9.84. The van der Waals surface area contributed by atoms with Crippen molar-refractivity contribution in [2.24, 2.45) is 0 Å². The summed E-state index contributed by atoms with van der Waals surface area (Å²) in [5.41, 5.74) is 3.25. The van der Waals surface area contributed by atoms with Gasteiger partial charge in [0.25, 0.3) is 0 Å². The molecule has 0 atom stereocenters. The first-order valence-electron chi connectivity index (χ1n) is 14.2. The van der Waals surface area contributed by atoms with Crippen LogP contribution in [0.5, 0.6) is 0 Å². The van der Waals surface area contributed by atoms with E-state index < -0.39 is 11.5 Å². The van der Waals surface area contributed by atoms with E-state index in [9.17, 15) is 9.59 Å². The van der Waals surface area contributed by atoms with E-state index in [-0.39, 0.29) is 19.8 Å². The minimum atomic E-state index is -0.778. The Morgan fingerprint density at radius 2 is 1.35 bits per heavy atom.